The van der Waals surface area contributed by atoms with E-state index < -0.39 is 10.8 Å². The van der Waals surface area contributed by atoms with Crippen LogP contribution in [0.5, 0.6) is 0 Å². The van der Waals surface area contributed by atoms with Crippen LogP contribution in [0.4, 0.5) is 0 Å². The van der Waals surface area contributed by atoms with E-state index in [4.69, 9.17) is 5.73 Å². The Hall–Kier alpha value is -0.700. The van der Waals surface area contributed by atoms with Crippen LogP contribution < -0.4 is 5.73 Å². The monoisotopic (exact) mass is 251 g/mol. The summed E-state index contributed by atoms with van der Waals surface area (Å²) < 4.78 is 0. The standard InChI is InChI=1S/C15H25NO2/c1-2-3-7-14(11-16)10-12(17)15(13(14)18)8-5-4-6-9-15/h2-11,16H2,1H3. The zero-order valence-corrected chi connectivity index (χ0v) is 11.5. The fourth-order valence-electron chi connectivity index (χ4n) is 3.84. The SMILES string of the molecule is CCCCC1(CN)CC(=O)C2(CCCCC2)C1=O. The molecule has 102 valence electrons. The van der Waals surface area contributed by atoms with E-state index in [0.29, 0.717) is 13.0 Å². The van der Waals surface area contributed by atoms with E-state index >= 15 is 0 Å². The molecule has 2 saturated carbocycles. The van der Waals surface area contributed by atoms with Crippen LogP contribution in [0.15, 0.2) is 0 Å². The van der Waals surface area contributed by atoms with Gasteiger partial charge >= 0.3 is 0 Å². The number of Topliss-reactive ketones (excluding diaryl/α,β-unsaturated/α-hetero) is 2. The normalized spacial score (nSPS) is 31.2. The zero-order valence-electron chi connectivity index (χ0n) is 11.5. The van der Waals surface area contributed by atoms with E-state index in [-0.39, 0.29) is 11.6 Å². The Kier molecular flexibility index (Phi) is 3.90. The summed E-state index contributed by atoms with van der Waals surface area (Å²) in [4.78, 5) is 25.3. The van der Waals surface area contributed by atoms with Crippen LogP contribution >= 0.6 is 0 Å². The van der Waals surface area contributed by atoms with Gasteiger partial charge in [0, 0.05) is 18.4 Å². The highest BCUT2D eigenvalue weighted by Crippen LogP contribution is 2.52. The van der Waals surface area contributed by atoms with Gasteiger partial charge in [0.25, 0.3) is 0 Å². The smallest absolute Gasteiger partial charge is 0.154 e. The zero-order chi connectivity index (χ0) is 13.2. The Labute approximate surface area is 109 Å². The molecule has 1 spiro atoms. The number of nitrogens with two attached hydrogens (primary N) is 1. The van der Waals surface area contributed by atoms with Crippen molar-refractivity contribution < 1.29 is 9.59 Å². The Balaban J connectivity index is 2.26. The van der Waals surface area contributed by atoms with Gasteiger partial charge in [-0.15, -0.1) is 0 Å². The van der Waals surface area contributed by atoms with Crippen molar-refractivity contribution in [3.63, 3.8) is 0 Å². The molecule has 0 bridgehead atoms. The van der Waals surface area contributed by atoms with Crippen molar-refractivity contribution >= 4 is 11.6 Å². The van der Waals surface area contributed by atoms with E-state index in [2.05, 4.69) is 6.92 Å². The van der Waals surface area contributed by atoms with Crippen LogP contribution in [0.2, 0.25) is 0 Å². The first-order chi connectivity index (χ1) is 8.61. The molecule has 0 aromatic rings. The fourth-order valence-corrected chi connectivity index (χ4v) is 3.84. The molecule has 2 rings (SSSR count). The van der Waals surface area contributed by atoms with Crippen LogP contribution in [0.25, 0.3) is 0 Å². The van der Waals surface area contributed by atoms with E-state index in [1.54, 1.807) is 0 Å². The second-order valence-corrected chi connectivity index (χ2v) is 6.16. The summed E-state index contributed by atoms with van der Waals surface area (Å²) in [6, 6.07) is 0. The molecular formula is C15H25NO2. The molecule has 3 nitrogen and oxygen atoms in total. The maximum atomic E-state index is 12.9. The van der Waals surface area contributed by atoms with Crippen molar-refractivity contribution in [1.82, 2.24) is 0 Å². The van der Waals surface area contributed by atoms with Crippen molar-refractivity contribution in [2.24, 2.45) is 16.6 Å². The van der Waals surface area contributed by atoms with Crippen molar-refractivity contribution in [3.8, 4) is 0 Å². The lowest BCUT2D eigenvalue weighted by Crippen LogP contribution is -2.42. The van der Waals surface area contributed by atoms with Gasteiger partial charge in [0.05, 0.1) is 5.41 Å². The van der Waals surface area contributed by atoms with Crippen LogP contribution in [0, 0.1) is 10.8 Å². The molecule has 0 saturated heterocycles. The van der Waals surface area contributed by atoms with Crippen LogP contribution in [0.3, 0.4) is 0 Å². The van der Waals surface area contributed by atoms with E-state index in [1.807, 2.05) is 0 Å². The molecule has 0 aromatic carbocycles. The number of ketones is 2. The summed E-state index contributed by atoms with van der Waals surface area (Å²) in [6.45, 7) is 2.46. The van der Waals surface area contributed by atoms with Crippen LogP contribution in [-0.2, 0) is 9.59 Å². The quantitative estimate of drug-likeness (QED) is 0.781. The largest absolute Gasteiger partial charge is 0.329 e. The average molecular weight is 251 g/mol. The second kappa shape index (κ2) is 5.12. The Bertz CT molecular complexity index is 344. The molecule has 0 aliphatic heterocycles. The summed E-state index contributed by atoms with van der Waals surface area (Å²) in [6.07, 6.45) is 8.00. The maximum Gasteiger partial charge on any atom is 0.154 e. The molecule has 1 atom stereocenters. The molecule has 3 heteroatoms. The molecule has 1 unspecified atom stereocenters. The molecule has 18 heavy (non-hydrogen) atoms. The lowest BCUT2D eigenvalue weighted by atomic mass is 9.68. The second-order valence-electron chi connectivity index (χ2n) is 6.16. The summed E-state index contributed by atoms with van der Waals surface area (Å²) in [5, 5.41) is 0. The molecule has 0 aromatic heterocycles. The molecule has 2 aliphatic rings. The Morgan fingerprint density at radius 2 is 1.83 bits per heavy atom. The lowest BCUT2D eigenvalue weighted by molar-refractivity contribution is -0.140. The number of rotatable bonds is 4. The average Bonchev–Trinajstić information content (AvgIpc) is 2.61. The third-order valence-corrected chi connectivity index (χ3v) is 5.06. The van der Waals surface area contributed by atoms with Gasteiger partial charge in [0.1, 0.15) is 5.78 Å². The number of unbranched alkanes of at least 4 members (excludes halogenated alkanes) is 1. The van der Waals surface area contributed by atoms with Gasteiger partial charge in [0.2, 0.25) is 0 Å². The van der Waals surface area contributed by atoms with Gasteiger partial charge in [-0.05, 0) is 19.3 Å². The number of hydrogen-bond acceptors (Lipinski definition) is 3. The van der Waals surface area contributed by atoms with E-state index in [9.17, 15) is 9.59 Å². The van der Waals surface area contributed by atoms with Gasteiger partial charge in [0.15, 0.2) is 5.78 Å². The minimum atomic E-state index is -0.634. The van der Waals surface area contributed by atoms with E-state index in [0.717, 1.165) is 51.4 Å². The first-order valence-electron chi connectivity index (χ1n) is 7.39. The summed E-state index contributed by atoms with van der Waals surface area (Å²) in [5.41, 5.74) is 4.72. The minimum Gasteiger partial charge on any atom is -0.329 e. The highest BCUT2D eigenvalue weighted by atomic mass is 16.2. The molecule has 2 N–H and O–H groups in total. The summed E-state index contributed by atoms with van der Waals surface area (Å²) in [7, 11) is 0. The Morgan fingerprint density at radius 1 is 1.17 bits per heavy atom. The number of hydrogen-bond donors (Lipinski definition) is 1. The van der Waals surface area contributed by atoms with Gasteiger partial charge in [-0.3, -0.25) is 9.59 Å². The number of carbonyl (C=O) groups excluding carboxylic acids is 2. The van der Waals surface area contributed by atoms with Gasteiger partial charge in [-0.25, -0.2) is 0 Å². The minimum absolute atomic E-state index is 0.189. The van der Waals surface area contributed by atoms with Crippen molar-refractivity contribution in [2.75, 3.05) is 6.54 Å². The van der Waals surface area contributed by atoms with Gasteiger partial charge in [-0.1, -0.05) is 39.0 Å². The maximum absolute atomic E-state index is 12.9. The predicted molar refractivity (Wildman–Crippen MR) is 71.2 cm³/mol. The molecular weight excluding hydrogens is 226 g/mol. The highest BCUT2D eigenvalue weighted by Gasteiger charge is 2.60. The lowest BCUT2D eigenvalue weighted by Gasteiger charge is -2.33. The predicted octanol–water partition coefficient (Wildman–Crippen LogP) is 2.61. The van der Waals surface area contributed by atoms with Crippen molar-refractivity contribution in [1.29, 1.82) is 0 Å². The van der Waals surface area contributed by atoms with Crippen molar-refractivity contribution in [2.45, 2.75) is 64.7 Å². The number of carbonyl (C=O) groups is 2. The molecule has 2 fully saturated rings. The molecule has 2 aliphatic carbocycles. The van der Waals surface area contributed by atoms with Gasteiger partial charge < -0.3 is 5.73 Å². The third kappa shape index (κ3) is 1.93. The van der Waals surface area contributed by atoms with Crippen LogP contribution in [-0.4, -0.2) is 18.1 Å². The summed E-state index contributed by atoms with van der Waals surface area (Å²) in [5.74, 6) is 0.379. The summed E-state index contributed by atoms with van der Waals surface area (Å²) >= 11 is 0. The first-order valence-corrected chi connectivity index (χ1v) is 7.39. The first kappa shape index (κ1) is 13.7. The van der Waals surface area contributed by atoms with Crippen LogP contribution in [0.1, 0.15) is 64.7 Å². The topological polar surface area (TPSA) is 60.2 Å². The fraction of sp³-hybridized carbons (Fsp3) is 0.867. The van der Waals surface area contributed by atoms with E-state index in [1.165, 1.54) is 0 Å². The molecule has 0 radical (unpaired) electrons. The van der Waals surface area contributed by atoms with Gasteiger partial charge in [-0.2, -0.15) is 0 Å². The van der Waals surface area contributed by atoms with Crippen molar-refractivity contribution in [3.05, 3.63) is 0 Å². The molecule has 0 amide bonds. The Morgan fingerprint density at radius 3 is 2.39 bits per heavy atom. The molecule has 0 heterocycles. The highest BCUT2D eigenvalue weighted by molar-refractivity contribution is 6.16. The third-order valence-electron chi connectivity index (χ3n) is 5.06.